The Hall–Kier alpha value is -0.0000000000000000833. The van der Waals surface area contributed by atoms with E-state index in [4.69, 9.17) is 0 Å². The van der Waals surface area contributed by atoms with Crippen LogP contribution in [0.25, 0.3) is 0 Å². The fourth-order valence-corrected chi connectivity index (χ4v) is 4.94. The number of hydrogen-bond acceptors (Lipinski definition) is 5. The summed E-state index contributed by atoms with van der Waals surface area (Å²) in [6.07, 6.45) is 0. The van der Waals surface area contributed by atoms with Crippen molar-refractivity contribution in [2.24, 2.45) is 0 Å². The Kier molecular flexibility index (Phi) is 5.32. The molecule has 1 N–H and O–H groups in total. The van der Waals surface area contributed by atoms with Crippen LogP contribution in [0.4, 0.5) is 0 Å². The molecular weight excluding hydrogens is 364 g/mol. The molecule has 10 heteroatoms. The van der Waals surface area contributed by atoms with Crippen LogP contribution in [0.5, 0.6) is 0 Å². The standard InChI is InChI=1S/C8H13BrN2O4S3/c1-11(2)17(12,13)6-5-10-18(14,15)8-4-3-7(9)16-8/h3-4,10H,5-6H2,1-2H3. The van der Waals surface area contributed by atoms with Crippen LogP contribution in [0, 0.1) is 0 Å². The van der Waals surface area contributed by atoms with Gasteiger partial charge in [0, 0.05) is 20.6 Å². The average molecular weight is 377 g/mol. The number of nitrogens with zero attached hydrogens (tertiary/aromatic N) is 1. The minimum absolute atomic E-state index is 0.150. The van der Waals surface area contributed by atoms with E-state index >= 15 is 0 Å². The molecule has 0 radical (unpaired) electrons. The molecule has 0 spiro atoms. The van der Waals surface area contributed by atoms with Gasteiger partial charge >= 0.3 is 0 Å². The van der Waals surface area contributed by atoms with E-state index in [0.717, 1.165) is 15.6 Å². The lowest BCUT2D eigenvalue weighted by atomic mass is 10.7. The smallest absolute Gasteiger partial charge is 0.212 e. The maximum atomic E-state index is 11.8. The fraction of sp³-hybridized carbons (Fsp3) is 0.500. The highest BCUT2D eigenvalue weighted by atomic mass is 79.9. The van der Waals surface area contributed by atoms with Gasteiger partial charge in [-0.1, -0.05) is 0 Å². The SMILES string of the molecule is CN(C)S(=O)(=O)CCNS(=O)(=O)c1ccc(Br)s1. The molecule has 0 amide bonds. The van der Waals surface area contributed by atoms with Crippen molar-refractivity contribution >= 4 is 47.3 Å². The Bertz CT molecular complexity index is 606. The number of halogens is 1. The largest absolute Gasteiger partial charge is 0.250 e. The van der Waals surface area contributed by atoms with Gasteiger partial charge in [-0.3, -0.25) is 0 Å². The Morgan fingerprint density at radius 3 is 2.33 bits per heavy atom. The lowest BCUT2D eigenvalue weighted by Crippen LogP contribution is -2.33. The number of nitrogens with one attached hydrogen (secondary N) is 1. The Labute approximate surface area is 119 Å². The summed E-state index contributed by atoms with van der Waals surface area (Å²) in [5.74, 6) is -0.272. The molecule has 0 saturated carbocycles. The van der Waals surface area contributed by atoms with Crippen LogP contribution < -0.4 is 4.72 Å². The molecule has 0 atom stereocenters. The second-order valence-electron chi connectivity index (χ2n) is 3.55. The van der Waals surface area contributed by atoms with Gasteiger partial charge in [-0.25, -0.2) is 25.9 Å². The molecule has 1 aromatic heterocycles. The highest BCUT2D eigenvalue weighted by molar-refractivity contribution is 9.11. The van der Waals surface area contributed by atoms with Crippen molar-refractivity contribution in [1.82, 2.24) is 9.03 Å². The molecule has 0 aliphatic heterocycles. The van der Waals surface area contributed by atoms with Crippen LogP contribution in [0.2, 0.25) is 0 Å². The normalized spacial score (nSPS) is 13.1. The highest BCUT2D eigenvalue weighted by Gasteiger charge is 2.19. The molecule has 18 heavy (non-hydrogen) atoms. The third-order valence-corrected chi connectivity index (χ3v) is 7.43. The number of rotatable bonds is 6. The van der Waals surface area contributed by atoms with Crippen LogP contribution in [-0.2, 0) is 20.0 Å². The van der Waals surface area contributed by atoms with Crippen LogP contribution in [0.15, 0.2) is 20.1 Å². The molecule has 0 aromatic carbocycles. The second-order valence-corrected chi connectivity index (χ2v) is 10.3. The zero-order chi connectivity index (χ0) is 14.0. The predicted molar refractivity (Wildman–Crippen MR) is 74.7 cm³/mol. The molecule has 1 heterocycles. The summed E-state index contributed by atoms with van der Waals surface area (Å²) >= 11 is 4.23. The van der Waals surface area contributed by atoms with E-state index in [9.17, 15) is 16.8 Å². The first-order chi connectivity index (χ1) is 8.15. The molecule has 0 aliphatic carbocycles. The third-order valence-electron chi connectivity index (χ3n) is 2.02. The predicted octanol–water partition coefficient (Wildman–Crippen LogP) is 0.680. The number of hydrogen-bond donors (Lipinski definition) is 1. The molecule has 0 bridgehead atoms. The Balaban J connectivity index is 2.65. The lowest BCUT2D eigenvalue weighted by molar-refractivity contribution is 0.519. The molecule has 6 nitrogen and oxygen atoms in total. The van der Waals surface area contributed by atoms with Crippen LogP contribution in [-0.4, -0.2) is 47.5 Å². The summed E-state index contributed by atoms with van der Waals surface area (Å²) in [7, 11) is -4.22. The molecule has 1 aromatic rings. The average Bonchev–Trinajstić information content (AvgIpc) is 2.64. The van der Waals surface area contributed by atoms with E-state index in [0.29, 0.717) is 3.79 Å². The van der Waals surface area contributed by atoms with Crippen molar-refractivity contribution in [2.75, 3.05) is 26.4 Å². The van der Waals surface area contributed by atoms with Crippen molar-refractivity contribution in [2.45, 2.75) is 4.21 Å². The Morgan fingerprint density at radius 2 is 1.89 bits per heavy atom. The van der Waals surface area contributed by atoms with E-state index in [1.54, 1.807) is 6.07 Å². The van der Waals surface area contributed by atoms with Gasteiger partial charge in [0.15, 0.2) is 0 Å². The molecule has 0 saturated heterocycles. The van der Waals surface area contributed by atoms with E-state index in [2.05, 4.69) is 20.7 Å². The maximum Gasteiger partial charge on any atom is 0.250 e. The van der Waals surface area contributed by atoms with Gasteiger partial charge < -0.3 is 0 Å². The van der Waals surface area contributed by atoms with Gasteiger partial charge in [0.05, 0.1) is 9.54 Å². The first-order valence-electron chi connectivity index (χ1n) is 4.80. The summed E-state index contributed by atoms with van der Waals surface area (Å²) < 4.78 is 50.6. The molecule has 104 valence electrons. The van der Waals surface area contributed by atoms with Crippen molar-refractivity contribution in [3.8, 4) is 0 Å². The fourth-order valence-electron chi connectivity index (χ4n) is 1.00. The molecule has 0 aliphatic rings. The van der Waals surface area contributed by atoms with Crippen LogP contribution >= 0.6 is 27.3 Å². The van der Waals surface area contributed by atoms with E-state index < -0.39 is 20.0 Å². The zero-order valence-corrected chi connectivity index (χ0v) is 13.8. The van der Waals surface area contributed by atoms with Gasteiger partial charge in [0.1, 0.15) is 4.21 Å². The van der Waals surface area contributed by atoms with Crippen molar-refractivity contribution in [3.63, 3.8) is 0 Å². The number of thiophene rings is 1. The summed E-state index contributed by atoms with van der Waals surface area (Å²) in [5, 5.41) is 0. The molecule has 0 fully saturated rings. The maximum absolute atomic E-state index is 11.8. The zero-order valence-electron chi connectivity index (χ0n) is 9.75. The summed E-state index contributed by atoms with van der Waals surface area (Å²) in [4.78, 5) is 0. The summed E-state index contributed by atoms with van der Waals surface area (Å²) in [6.45, 7) is -0.154. The van der Waals surface area contributed by atoms with Gasteiger partial charge in [0.2, 0.25) is 20.0 Å². The minimum Gasteiger partial charge on any atom is -0.212 e. The van der Waals surface area contributed by atoms with Crippen molar-refractivity contribution in [1.29, 1.82) is 0 Å². The minimum atomic E-state index is -3.63. The molecule has 0 unspecified atom stereocenters. The summed E-state index contributed by atoms with van der Waals surface area (Å²) in [6, 6.07) is 3.08. The number of sulfonamides is 2. The van der Waals surface area contributed by atoms with Crippen molar-refractivity contribution in [3.05, 3.63) is 15.9 Å². The van der Waals surface area contributed by atoms with E-state index in [-0.39, 0.29) is 16.5 Å². The van der Waals surface area contributed by atoms with Gasteiger partial charge in [0.25, 0.3) is 0 Å². The van der Waals surface area contributed by atoms with Crippen molar-refractivity contribution < 1.29 is 16.8 Å². The van der Waals surface area contributed by atoms with Gasteiger partial charge in [-0.15, -0.1) is 11.3 Å². The van der Waals surface area contributed by atoms with E-state index in [1.165, 1.54) is 20.2 Å². The molecular formula is C8H13BrN2O4S3. The highest BCUT2D eigenvalue weighted by Crippen LogP contribution is 2.25. The topological polar surface area (TPSA) is 83.6 Å². The van der Waals surface area contributed by atoms with Crippen LogP contribution in [0.1, 0.15) is 0 Å². The van der Waals surface area contributed by atoms with Gasteiger partial charge in [-0.2, -0.15) is 0 Å². The van der Waals surface area contributed by atoms with Crippen LogP contribution in [0.3, 0.4) is 0 Å². The Morgan fingerprint density at radius 1 is 1.28 bits per heavy atom. The lowest BCUT2D eigenvalue weighted by Gasteiger charge is -2.11. The monoisotopic (exact) mass is 376 g/mol. The second kappa shape index (κ2) is 5.97. The quantitative estimate of drug-likeness (QED) is 0.790. The molecule has 1 rings (SSSR count). The summed E-state index contributed by atoms with van der Waals surface area (Å²) in [5.41, 5.74) is 0. The van der Waals surface area contributed by atoms with E-state index in [1.807, 2.05) is 0 Å². The van der Waals surface area contributed by atoms with Gasteiger partial charge in [-0.05, 0) is 28.1 Å². The first kappa shape index (κ1) is 16.1. The third kappa shape index (κ3) is 4.28. The first-order valence-corrected chi connectivity index (χ1v) is 9.50.